The molecule has 0 spiro atoms. The lowest BCUT2D eigenvalue weighted by Crippen LogP contribution is -2.37. The van der Waals surface area contributed by atoms with Crippen LogP contribution in [-0.4, -0.2) is 35.5 Å². The van der Waals surface area contributed by atoms with Gasteiger partial charge in [0.2, 0.25) is 0 Å². The molecule has 1 aromatic carbocycles. The maximum atomic E-state index is 5.68. The molecule has 0 saturated carbocycles. The van der Waals surface area contributed by atoms with Gasteiger partial charge in [-0.25, -0.2) is 4.98 Å². The van der Waals surface area contributed by atoms with Crippen LogP contribution in [0.2, 0.25) is 0 Å². The zero-order chi connectivity index (χ0) is 18.2. The van der Waals surface area contributed by atoms with Crippen LogP contribution in [-0.2, 0) is 6.54 Å². The molecule has 0 saturated heterocycles. The van der Waals surface area contributed by atoms with Gasteiger partial charge in [0.25, 0.3) is 0 Å². The second-order valence-electron chi connectivity index (χ2n) is 6.00. The van der Waals surface area contributed by atoms with E-state index in [0.29, 0.717) is 13.2 Å². The summed E-state index contributed by atoms with van der Waals surface area (Å²) in [5.41, 5.74) is 3.11. The zero-order valence-corrected chi connectivity index (χ0v) is 18.0. The lowest BCUT2D eigenvalue weighted by Gasteiger charge is -2.11. The van der Waals surface area contributed by atoms with Gasteiger partial charge in [0.1, 0.15) is 11.4 Å². The van der Waals surface area contributed by atoms with E-state index in [1.165, 1.54) is 5.69 Å². The standard InChI is InChI=1S/C20H25N5O.HI/c1-16-8-6-11-19-24-17(15-25(16)19)14-23-20(21-2)22-12-7-13-26-18-9-4-3-5-10-18;/h3-6,8-11,15H,7,12-14H2,1-2H3,(H2,21,22,23);1H. The number of benzene rings is 1. The Balaban J connectivity index is 0.00000261. The third-order valence-corrected chi connectivity index (χ3v) is 4.03. The van der Waals surface area contributed by atoms with Gasteiger partial charge in [0.15, 0.2) is 5.96 Å². The van der Waals surface area contributed by atoms with E-state index in [1.54, 1.807) is 7.05 Å². The van der Waals surface area contributed by atoms with Crippen molar-refractivity contribution in [3.63, 3.8) is 0 Å². The Morgan fingerprint density at radius 3 is 2.67 bits per heavy atom. The first kappa shape index (κ1) is 21.0. The number of aryl methyl sites for hydroxylation is 1. The fourth-order valence-corrected chi connectivity index (χ4v) is 2.66. The molecule has 2 heterocycles. The van der Waals surface area contributed by atoms with E-state index >= 15 is 0 Å². The number of guanidine groups is 1. The van der Waals surface area contributed by atoms with Crippen LogP contribution in [0.4, 0.5) is 0 Å². The summed E-state index contributed by atoms with van der Waals surface area (Å²) in [7, 11) is 1.77. The summed E-state index contributed by atoms with van der Waals surface area (Å²) in [5.74, 6) is 1.66. The summed E-state index contributed by atoms with van der Waals surface area (Å²) in [5, 5.41) is 6.59. The molecule has 7 heteroatoms. The average molecular weight is 479 g/mol. The summed E-state index contributed by atoms with van der Waals surface area (Å²) in [6.07, 6.45) is 2.95. The van der Waals surface area contributed by atoms with Crippen LogP contribution >= 0.6 is 24.0 Å². The van der Waals surface area contributed by atoms with Crippen molar-refractivity contribution in [1.29, 1.82) is 0 Å². The van der Waals surface area contributed by atoms with Crippen molar-refractivity contribution in [2.75, 3.05) is 20.2 Å². The van der Waals surface area contributed by atoms with Gasteiger partial charge in [-0.15, -0.1) is 24.0 Å². The summed E-state index contributed by atoms with van der Waals surface area (Å²) in [4.78, 5) is 8.87. The Bertz CT molecular complexity index is 863. The highest BCUT2D eigenvalue weighted by atomic mass is 127. The summed E-state index contributed by atoms with van der Waals surface area (Å²) >= 11 is 0. The number of fused-ring (bicyclic) bond motifs is 1. The number of hydrogen-bond acceptors (Lipinski definition) is 3. The summed E-state index contributed by atoms with van der Waals surface area (Å²) in [6.45, 7) is 4.15. The van der Waals surface area contributed by atoms with E-state index in [2.05, 4.69) is 44.2 Å². The highest BCUT2D eigenvalue weighted by Crippen LogP contribution is 2.09. The number of aliphatic imine (C=N–C) groups is 1. The van der Waals surface area contributed by atoms with Gasteiger partial charge in [-0.2, -0.15) is 0 Å². The van der Waals surface area contributed by atoms with E-state index in [9.17, 15) is 0 Å². The molecular formula is C20H26IN5O. The minimum Gasteiger partial charge on any atom is -0.494 e. The molecule has 0 aliphatic carbocycles. The molecule has 0 aliphatic heterocycles. The monoisotopic (exact) mass is 479 g/mol. The summed E-state index contributed by atoms with van der Waals surface area (Å²) < 4.78 is 7.77. The van der Waals surface area contributed by atoms with Gasteiger partial charge < -0.3 is 19.8 Å². The van der Waals surface area contributed by atoms with E-state index in [1.807, 2.05) is 42.5 Å². The SMILES string of the molecule is CN=C(NCCCOc1ccccc1)NCc1cn2c(C)cccc2n1.I. The molecule has 0 fully saturated rings. The molecule has 3 aromatic rings. The maximum Gasteiger partial charge on any atom is 0.191 e. The molecular weight excluding hydrogens is 453 g/mol. The number of halogens is 1. The highest BCUT2D eigenvalue weighted by Gasteiger charge is 2.04. The van der Waals surface area contributed by atoms with Crippen LogP contribution in [0.15, 0.2) is 59.7 Å². The molecule has 144 valence electrons. The number of pyridine rings is 1. The van der Waals surface area contributed by atoms with Crippen LogP contribution in [0.3, 0.4) is 0 Å². The lowest BCUT2D eigenvalue weighted by atomic mass is 10.3. The van der Waals surface area contributed by atoms with Crippen LogP contribution in [0.5, 0.6) is 5.75 Å². The van der Waals surface area contributed by atoms with Gasteiger partial charge in [-0.3, -0.25) is 4.99 Å². The normalized spacial score (nSPS) is 11.1. The third-order valence-electron chi connectivity index (χ3n) is 4.03. The molecule has 0 amide bonds. The third kappa shape index (κ3) is 6.13. The van der Waals surface area contributed by atoms with Crippen LogP contribution in [0.1, 0.15) is 17.8 Å². The molecule has 0 radical (unpaired) electrons. The van der Waals surface area contributed by atoms with Crippen LogP contribution < -0.4 is 15.4 Å². The quantitative estimate of drug-likeness (QED) is 0.236. The van der Waals surface area contributed by atoms with Crippen molar-refractivity contribution in [3.05, 3.63) is 66.1 Å². The average Bonchev–Trinajstić information content (AvgIpc) is 3.09. The molecule has 27 heavy (non-hydrogen) atoms. The molecule has 0 bridgehead atoms. The number of hydrogen-bond donors (Lipinski definition) is 2. The minimum absolute atomic E-state index is 0. The number of ether oxygens (including phenoxy) is 1. The van der Waals surface area contributed by atoms with E-state index < -0.39 is 0 Å². The number of rotatable bonds is 7. The fourth-order valence-electron chi connectivity index (χ4n) is 2.66. The first-order valence-electron chi connectivity index (χ1n) is 8.82. The Labute approximate surface area is 177 Å². The molecule has 0 aliphatic rings. The minimum atomic E-state index is 0. The fraction of sp³-hybridized carbons (Fsp3) is 0.300. The van der Waals surface area contributed by atoms with E-state index in [-0.39, 0.29) is 24.0 Å². The number of nitrogens with one attached hydrogen (secondary N) is 2. The smallest absolute Gasteiger partial charge is 0.191 e. The topological polar surface area (TPSA) is 63.0 Å². The number of nitrogens with zero attached hydrogens (tertiary/aromatic N) is 3. The molecule has 2 aromatic heterocycles. The van der Waals surface area contributed by atoms with Crippen molar-refractivity contribution in [2.24, 2.45) is 4.99 Å². The molecule has 0 atom stereocenters. The number of aromatic nitrogens is 2. The predicted octanol–water partition coefficient (Wildman–Crippen LogP) is 3.39. The number of para-hydroxylation sites is 1. The van der Waals surface area contributed by atoms with Crippen molar-refractivity contribution < 1.29 is 4.74 Å². The molecule has 0 unspecified atom stereocenters. The lowest BCUT2D eigenvalue weighted by molar-refractivity contribution is 0.311. The van der Waals surface area contributed by atoms with Gasteiger partial charge in [-0.05, 0) is 37.6 Å². The van der Waals surface area contributed by atoms with Crippen molar-refractivity contribution in [3.8, 4) is 5.75 Å². The first-order chi connectivity index (χ1) is 12.8. The molecule has 6 nitrogen and oxygen atoms in total. The number of imidazole rings is 1. The Kier molecular flexibility index (Phi) is 8.38. The van der Waals surface area contributed by atoms with E-state index in [4.69, 9.17) is 4.74 Å². The Morgan fingerprint density at radius 2 is 1.93 bits per heavy atom. The van der Waals surface area contributed by atoms with Gasteiger partial charge >= 0.3 is 0 Å². The van der Waals surface area contributed by atoms with Gasteiger partial charge in [0, 0.05) is 25.5 Å². The highest BCUT2D eigenvalue weighted by molar-refractivity contribution is 14.0. The van der Waals surface area contributed by atoms with Gasteiger partial charge in [-0.1, -0.05) is 24.3 Å². The second-order valence-corrected chi connectivity index (χ2v) is 6.00. The van der Waals surface area contributed by atoms with Crippen LogP contribution in [0.25, 0.3) is 5.65 Å². The predicted molar refractivity (Wildman–Crippen MR) is 120 cm³/mol. The van der Waals surface area contributed by atoms with E-state index in [0.717, 1.165) is 36.0 Å². The first-order valence-corrected chi connectivity index (χ1v) is 8.82. The molecule has 3 rings (SSSR count). The maximum absolute atomic E-state index is 5.68. The van der Waals surface area contributed by atoms with Gasteiger partial charge in [0.05, 0.1) is 18.8 Å². The summed E-state index contributed by atoms with van der Waals surface area (Å²) in [6, 6.07) is 16.0. The van der Waals surface area contributed by atoms with Crippen molar-refractivity contribution in [2.45, 2.75) is 19.9 Å². The Morgan fingerprint density at radius 1 is 1.11 bits per heavy atom. The largest absolute Gasteiger partial charge is 0.494 e. The zero-order valence-electron chi connectivity index (χ0n) is 15.7. The molecule has 2 N–H and O–H groups in total. The van der Waals surface area contributed by atoms with Crippen molar-refractivity contribution in [1.82, 2.24) is 20.0 Å². The Hall–Kier alpha value is -2.29. The van der Waals surface area contributed by atoms with Crippen molar-refractivity contribution >= 4 is 35.6 Å². The second kappa shape index (κ2) is 10.8. The van der Waals surface area contributed by atoms with Crippen LogP contribution in [0, 0.1) is 6.92 Å².